The van der Waals surface area contributed by atoms with Gasteiger partial charge in [-0.2, -0.15) is 8.78 Å². The Morgan fingerprint density at radius 2 is 1.43 bits per heavy atom. The van der Waals surface area contributed by atoms with Crippen molar-refractivity contribution < 1.29 is 31.5 Å². The molecule has 3 rings (SSSR count). The molecule has 0 bridgehead atoms. The van der Waals surface area contributed by atoms with Crippen LogP contribution in [0, 0.1) is 35.0 Å². The molecule has 2 aromatic carbocycles. The van der Waals surface area contributed by atoms with Crippen LogP contribution in [0.25, 0.3) is 0 Å². The lowest BCUT2D eigenvalue weighted by molar-refractivity contribution is -0.134. The summed E-state index contributed by atoms with van der Waals surface area (Å²) in [6, 6.07) is 9.94. The van der Waals surface area contributed by atoms with E-state index in [0.717, 1.165) is 19.3 Å². The Hall–Kier alpha value is -2.64. The van der Waals surface area contributed by atoms with Gasteiger partial charge in [-0.3, -0.25) is 4.79 Å². The number of rotatable bonds is 5. The van der Waals surface area contributed by atoms with E-state index in [1.54, 1.807) is 0 Å². The Balaban J connectivity index is 1.54. The first-order valence-corrected chi connectivity index (χ1v) is 8.84. The Bertz CT molecular complexity index is 822. The predicted molar refractivity (Wildman–Crippen MR) is 91.2 cm³/mol. The smallest absolute Gasteiger partial charge is 0.260 e. The lowest BCUT2D eigenvalue weighted by Gasteiger charge is -2.32. The van der Waals surface area contributed by atoms with E-state index < -0.39 is 47.3 Å². The first-order chi connectivity index (χ1) is 13.4. The molecule has 1 aliphatic rings. The molecule has 1 saturated heterocycles. The van der Waals surface area contributed by atoms with Gasteiger partial charge in [-0.05, 0) is 30.7 Å². The van der Waals surface area contributed by atoms with E-state index in [2.05, 4.69) is 4.74 Å². The van der Waals surface area contributed by atoms with Crippen LogP contribution in [0.15, 0.2) is 30.3 Å². The van der Waals surface area contributed by atoms with Crippen molar-refractivity contribution in [3.05, 3.63) is 65.0 Å². The standard InChI is InChI=1S/C20H18F5NO2/c21-15-16(22)18(24)20(19(25)17(15)23)28-11-14(27)26-8-6-13(7-9-26)10-12-4-2-1-3-5-12/h1-5,13H,6-11H2. The van der Waals surface area contributed by atoms with Gasteiger partial charge in [0.15, 0.2) is 12.4 Å². The van der Waals surface area contributed by atoms with Crippen LogP contribution in [0.5, 0.6) is 5.75 Å². The molecule has 2 aromatic rings. The Kier molecular flexibility index (Phi) is 6.16. The van der Waals surface area contributed by atoms with Crippen LogP contribution >= 0.6 is 0 Å². The average Bonchev–Trinajstić information content (AvgIpc) is 2.72. The number of benzene rings is 2. The van der Waals surface area contributed by atoms with Crippen molar-refractivity contribution in [2.45, 2.75) is 19.3 Å². The van der Waals surface area contributed by atoms with Gasteiger partial charge in [0.1, 0.15) is 0 Å². The van der Waals surface area contributed by atoms with Gasteiger partial charge in [-0.1, -0.05) is 30.3 Å². The number of hydrogen-bond acceptors (Lipinski definition) is 2. The number of halogens is 5. The van der Waals surface area contributed by atoms with E-state index in [9.17, 15) is 26.7 Å². The summed E-state index contributed by atoms with van der Waals surface area (Å²) in [5.41, 5.74) is 1.21. The summed E-state index contributed by atoms with van der Waals surface area (Å²) in [5.74, 6) is -12.3. The third kappa shape index (κ3) is 4.26. The molecule has 3 nitrogen and oxygen atoms in total. The summed E-state index contributed by atoms with van der Waals surface area (Å²) in [7, 11) is 0. The van der Waals surface area contributed by atoms with E-state index in [-0.39, 0.29) is 0 Å². The summed E-state index contributed by atoms with van der Waals surface area (Å²) in [4.78, 5) is 13.7. The first kappa shape index (κ1) is 20.1. The molecule has 0 radical (unpaired) electrons. The van der Waals surface area contributed by atoms with Gasteiger partial charge in [-0.25, -0.2) is 13.2 Å². The maximum atomic E-state index is 13.6. The van der Waals surface area contributed by atoms with Crippen LogP contribution < -0.4 is 4.74 Å². The molecule has 0 saturated carbocycles. The minimum Gasteiger partial charge on any atom is -0.477 e. The zero-order valence-electron chi connectivity index (χ0n) is 14.9. The predicted octanol–water partition coefficient (Wildman–Crippen LogP) is 4.24. The summed E-state index contributed by atoms with van der Waals surface area (Å²) in [5, 5.41) is 0. The molecular formula is C20H18F5NO2. The van der Waals surface area contributed by atoms with Crippen LogP contribution in [0.1, 0.15) is 18.4 Å². The largest absolute Gasteiger partial charge is 0.477 e. The molecule has 0 atom stereocenters. The number of carbonyl (C=O) groups is 1. The van der Waals surface area contributed by atoms with E-state index in [0.29, 0.717) is 19.0 Å². The molecule has 1 amide bonds. The van der Waals surface area contributed by atoms with Gasteiger partial charge in [0, 0.05) is 13.1 Å². The molecule has 0 unspecified atom stereocenters. The van der Waals surface area contributed by atoms with Crippen molar-refractivity contribution >= 4 is 5.91 Å². The minimum atomic E-state index is -2.27. The van der Waals surface area contributed by atoms with Crippen LogP contribution in [-0.4, -0.2) is 30.5 Å². The maximum Gasteiger partial charge on any atom is 0.260 e. The highest BCUT2D eigenvalue weighted by molar-refractivity contribution is 5.77. The molecule has 0 spiro atoms. The number of amides is 1. The van der Waals surface area contributed by atoms with Crippen molar-refractivity contribution in [2.24, 2.45) is 5.92 Å². The fourth-order valence-corrected chi connectivity index (χ4v) is 3.27. The lowest BCUT2D eigenvalue weighted by Crippen LogP contribution is -2.41. The fourth-order valence-electron chi connectivity index (χ4n) is 3.27. The van der Waals surface area contributed by atoms with Crippen LogP contribution in [0.4, 0.5) is 22.0 Å². The molecule has 0 N–H and O–H groups in total. The highest BCUT2D eigenvalue weighted by Gasteiger charge is 2.29. The molecule has 1 aliphatic heterocycles. The Morgan fingerprint density at radius 1 is 0.893 bits per heavy atom. The molecule has 0 aliphatic carbocycles. The number of piperidine rings is 1. The first-order valence-electron chi connectivity index (χ1n) is 8.84. The summed E-state index contributed by atoms with van der Waals surface area (Å²) in [6.45, 7) is 0.0787. The van der Waals surface area contributed by atoms with Crippen LogP contribution in [-0.2, 0) is 11.2 Å². The number of ether oxygens (including phenoxy) is 1. The van der Waals surface area contributed by atoms with Gasteiger partial charge in [0.25, 0.3) is 5.91 Å². The van der Waals surface area contributed by atoms with E-state index >= 15 is 0 Å². The average molecular weight is 399 g/mol. The second-order valence-electron chi connectivity index (χ2n) is 6.70. The third-order valence-corrected chi connectivity index (χ3v) is 4.84. The second-order valence-corrected chi connectivity index (χ2v) is 6.70. The molecule has 1 heterocycles. The van der Waals surface area contributed by atoms with E-state index in [1.165, 1.54) is 10.5 Å². The molecule has 150 valence electrons. The highest BCUT2D eigenvalue weighted by atomic mass is 19.2. The molecule has 0 aromatic heterocycles. The topological polar surface area (TPSA) is 29.5 Å². The normalized spacial score (nSPS) is 15.0. The van der Waals surface area contributed by atoms with Crippen molar-refractivity contribution in [3.63, 3.8) is 0 Å². The van der Waals surface area contributed by atoms with Crippen molar-refractivity contribution in [3.8, 4) is 5.75 Å². The van der Waals surface area contributed by atoms with Crippen LogP contribution in [0.3, 0.4) is 0 Å². The van der Waals surface area contributed by atoms with Crippen molar-refractivity contribution in [1.82, 2.24) is 4.90 Å². The summed E-state index contributed by atoms with van der Waals surface area (Å²) in [6.07, 6.45) is 2.40. The number of nitrogens with zero attached hydrogens (tertiary/aromatic N) is 1. The molecule has 28 heavy (non-hydrogen) atoms. The zero-order valence-corrected chi connectivity index (χ0v) is 14.9. The molecule has 1 fully saturated rings. The lowest BCUT2D eigenvalue weighted by atomic mass is 9.90. The van der Waals surface area contributed by atoms with E-state index in [4.69, 9.17) is 0 Å². The number of likely N-dealkylation sites (tertiary alicyclic amines) is 1. The highest BCUT2D eigenvalue weighted by Crippen LogP contribution is 2.29. The number of carbonyl (C=O) groups excluding carboxylic acids is 1. The summed E-state index contributed by atoms with van der Waals surface area (Å²) < 4.78 is 71.2. The van der Waals surface area contributed by atoms with E-state index in [1.807, 2.05) is 30.3 Å². The Morgan fingerprint density at radius 3 is 2.00 bits per heavy atom. The maximum absolute atomic E-state index is 13.6. The zero-order chi connectivity index (χ0) is 20.3. The minimum absolute atomic E-state index is 0.405. The van der Waals surface area contributed by atoms with Gasteiger partial charge in [0.05, 0.1) is 0 Å². The van der Waals surface area contributed by atoms with Crippen LogP contribution in [0.2, 0.25) is 0 Å². The number of hydrogen-bond donors (Lipinski definition) is 0. The SMILES string of the molecule is O=C(COc1c(F)c(F)c(F)c(F)c1F)N1CCC(Cc2ccccc2)CC1. The Labute approximate surface area is 158 Å². The molecule has 8 heteroatoms. The third-order valence-electron chi connectivity index (χ3n) is 4.84. The monoisotopic (exact) mass is 399 g/mol. The van der Waals surface area contributed by atoms with Gasteiger partial charge in [0.2, 0.25) is 29.1 Å². The quantitative estimate of drug-likeness (QED) is 0.428. The van der Waals surface area contributed by atoms with Gasteiger partial charge in [-0.15, -0.1) is 0 Å². The summed E-state index contributed by atoms with van der Waals surface area (Å²) >= 11 is 0. The van der Waals surface area contributed by atoms with Gasteiger partial charge < -0.3 is 9.64 Å². The fraction of sp³-hybridized carbons (Fsp3) is 0.350. The van der Waals surface area contributed by atoms with Gasteiger partial charge >= 0.3 is 0 Å². The molecular weight excluding hydrogens is 381 g/mol. The van der Waals surface area contributed by atoms with Crippen molar-refractivity contribution in [1.29, 1.82) is 0 Å². The van der Waals surface area contributed by atoms with Crippen molar-refractivity contribution in [2.75, 3.05) is 19.7 Å². The second kappa shape index (κ2) is 8.58.